The number of rotatable bonds is 7. The fourth-order valence-electron chi connectivity index (χ4n) is 2.82. The zero-order valence-corrected chi connectivity index (χ0v) is 14.9. The number of hydrogen-bond donors (Lipinski definition) is 0. The van der Waals surface area contributed by atoms with Gasteiger partial charge in [-0.3, -0.25) is 0 Å². The van der Waals surface area contributed by atoms with E-state index in [1.54, 1.807) is 7.11 Å². The van der Waals surface area contributed by atoms with E-state index in [9.17, 15) is 0 Å². The molecule has 0 radical (unpaired) electrons. The Labute approximate surface area is 150 Å². The number of ether oxygens (including phenoxy) is 2. The van der Waals surface area contributed by atoms with Gasteiger partial charge in [-0.2, -0.15) is 0 Å². The van der Waals surface area contributed by atoms with Gasteiger partial charge in [0.1, 0.15) is 11.5 Å². The van der Waals surface area contributed by atoms with Crippen molar-refractivity contribution in [3.8, 4) is 11.5 Å². The lowest BCUT2D eigenvalue weighted by Gasteiger charge is -2.28. The van der Waals surface area contributed by atoms with Gasteiger partial charge in [0.2, 0.25) is 0 Å². The van der Waals surface area contributed by atoms with Gasteiger partial charge in [0.15, 0.2) is 0 Å². The van der Waals surface area contributed by atoms with E-state index in [0.29, 0.717) is 13.2 Å². The van der Waals surface area contributed by atoms with Crippen molar-refractivity contribution >= 4 is 12.6 Å². The molecule has 132 valence electrons. The van der Waals surface area contributed by atoms with Gasteiger partial charge in [-0.05, 0) is 41.7 Å². The van der Waals surface area contributed by atoms with Crippen LogP contribution in [0.3, 0.4) is 0 Å². The predicted octanol–water partition coefficient (Wildman–Crippen LogP) is 3.40. The summed E-state index contributed by atoms with van der Waals surface area (Å²) in [6.45, 7) is 4.23. The molecule has 0 aromatic heterocycles. The Bertz CT molecular complexity index is 634. The second-order valence-corrected chi connectivity index (χ2v) is 6.24. The minimum absolute atomic E-state index is 0.249. The highest BCUT2D eigenvalue weighted by Gasteiger charge is 2.29. The van der Waals surface area contributed by atoms with Crippen molar-refractivity contribution in [1.29, 1.82) is 0 Å². The van der Waals surface area contributed by atoms with E-state index >= 15 is 0 Å². The molecule has 1 fully saturated rings. The van der Waals surface area contributed by atoms with Gasteiger partial charge in [0.05, 0.1) is 13.7 Å². The summed E-state index contributed by atoms with van der Waals surface area (Å²) in [5.41, 5.74) is 2.23. The maximum absolute atomic E-state index is 5.92. The van der Waals surface area contributed by atoms with Crippen LogP contribution in [0.25, 0.3) is 0 Å². The molecule has 0 aliphatic carbocycles. The van der Waals surface area contributed by atoms with Crippen LogP contribution in [-0.4, -0.2) is 34.0 Å². The number of benzene rings is 2. The molecule has 0 atom stereocenters. The quantitative estimate of drug-likeness (QED) is 0.572. The summed E-state index contributed by atoms with van der Waals surface area (Å²) in [4.78, 5) is 0. The fraction of sp³-hybridized carbons (Fsp3) is 0.400. The van der Waals surface area contributed by atoms with Gasteiger partial charge in [0, 0.05) is 19.1 Å². The molecule has 2 aromatic rings. The average molecular weight is 340 g/mol. The smallest absolute Gasteiger partial charge is 0.493 e. The van der Waals surface area contributed by atoms with Crippen LogP contribution in [0, 0.1) is 0 Å². The Kier molecular flexibility index (Phi) is 6.37. The second kappa shape index (κ2) is 8.93. The lowest BCUT2D eigenvalue weighted by atomic mass is 9.77. The van der Waals surface area contributed by atoms with Crippen molar-refractivity contribution in [3.63, 3.8) is 0 Å². The molecule has 1 aliphatic heterocycles. The normalized spacial score (nSPS) is 15.2. The summed E-state index contributed by atoms with van der Waals surface area (Å²) in [5, 5.41) is 0. The van der Waals surface area contributed by atoms with Crippen LogP contribution in [0.15, 0.2) is 48.5 Å². The first-order valence-electron chi connectivity index (χ1n) is 8.90. The monoisotopic (exact) mass is 340 g/mol. The van der Waals surface area contributed by atoms with Crippen LogP contribution in [0.1, 0.15) is 31.2 Å². The first kappa shape index (κ1) is 17.8. The van der Waals surface area contributed by atoms with Crippen LogP contribution >= 0.6 is 0 Å². The van der Waals surface area contributed by atoms with E-state index in [2.05, 4.69) is 19.1 Å². The van der Waals surface area contributed by atoms with E-state index < -0.39 is 0 Å². The summed E-state index contributed by atoms with van der Waals surface area (Å²) in [5.74, 6) is 2.00. The molecule has 25 heavy (non-hydrogen) atoms. The highest BCUT2D eigenvalue weighted by Crippen LogP contribution is 2.24. The largest absolute Gasteiger partial charge is 0.497 e. The number of methoxy groups -OCH3 is 1. The standard InChI is InChI=1S/C20H25BO4/c1-3-4-13-23-20-9-5-16(6-10-20)17-14-24-21(25-15-17)18-7-11-19(22-2)12-8-18/h5-12,17H,3-4,13-15H2,1-2H3. The summed E-state index contributed by atoms with van der Waals surface area (Å²) >= 11 is 0. The minimum Gasteiger partial charge on any atom is -0.497 e. The Morgan fingerprint density at radius 3 is 2.20 bits per heavy atom. The molecule has 4 nitrogen and oxygen atoms in total. The van der Waals surface area contributed by atoms with Crippen LogP contribution in [-0.2, 0) is 9.31 Å². The van der Waals surface area contributed by atoms with Gasteiger partial charge in [-0.15, -0.1) is 0 Å². The fourth-order valence-corrected chi connectivity index (χ4v) is 2.82. The highest BCUT2D eigenvalue weighted by molar-refractivity contribution is 6.61. The van der Waals surface area contributed by atoms with Gasteiger partial charge in [-0.1, -0.05) is 37.6 Å². The molecule has 0 spiro atoms. The van der Waals surface area contributed by atoms with Gasteiger partial charge in [-0.25, -0.2) is 0 Å². The number of unbranched alkanes of at least 4 members (excludes halogenated alkanes) is 1. The zero-order valence-electron chi connectivity index (χ0n) is 14.9. The first-order valence-corrected chi connectivity index (χ1v) is 8.90. The minimum atomic E-state index is -0.307. The zero-order chi connectivity index (χ0) is 17.5. The molecule has 0 N–H and O–H groups in total. The maximum Gasteiger partial charge on any atom is 0.493 e. The number of hydrogen-bond acceptors (Lipinski definition) is 4. The van der Waals surface area contributed by atoms with E-state index in [4.69, 9.17) is 18.8 Å². The molecule has 1 saturated heterocycles. The van der Waals surface area contributed by atoms with Gasteiger partial charge >= 0.3 is 7.12 Å². The van der Waals surface area contributed by atoms with E-state index in [0.717, 1.165) is 36.4 Å². The molecule has 0 unspecified atom stereocenters. The third-order valence-electron chi connectivity index (χ3n) is 4.40. The van der Waals surface area contributed by atoms with Gasteiger partial charge < -0.3 is 18.8 Å². The second-order valence-electron chi connectivity index (χ2n) is 6.24. The Morgan fingerprint density at radius 2 is 1.60 bits per heavy atom. The maximum atomic E-state index is 5.92. The first-order chi connectivity index (χ1) is 12.3. The van der Waals surface area contributed by atoms with E-state index in [1.807, 2.05) is 36.4 Å². The van der Waals surface area contributed by atoms with Crippen molar-refractivity contribution in [1.82, 2.24) is 0 Å². The van der Waals surface area contributed by atoms with E-state index in [1.165, 1.54) is 5.56 Å². The predicted molar refractivity (Wildman–Crippen MR) is 99.9 cm³/mol. The van der Waals surface area contributed by atoms with Crippen LogP contribution in [0.2, 0.25) is 0 Å². The summed E-state index contributed by atoms with van der Waals surface area (Å²) < 4.78 is 22.7. The lowest BCUT2D eigenvalue weighted by molar-refractivity contribution is 0.121. The summed E-state index contributed by atoms with van der Waals surface area (Å²) in [6.07, 6.45) is 2.23. The Morgan fingerprint density at radius 1 is 0.960 bits per heavy atom. The summed E-state index contributed by atoms with van der Waals surface area (Å²) in [7, 11) is 1.35. The third kappa shape index (κ3) is 4.77. The highest BCUT2D eigenvalue weighted by atomic mass is 16.6. The van der Waals surface area contributed by atoms with Gasteiger partial charge in [0.25, 0.3) is 0 Å². The summed E-state index contributed by atoms with van der Waals surface area (Å²) in [6, 6.07) is 16.1. The Balaban J connectivity index is 1.52. The molecule has 0 bridgehead atoms. The van der Waals surface area contributed by atoms with Crippen molar-refractivity contribution in [2.45, 2.75) is 25.7 Å². The molecule has 0 saturated carbocycles. The molecular formula is C20H25BO4. The molecule has 1 aliphatic rings. The third-order valence-corrected chi connectivity index (χ3v) is 4.40. The van der Waals surface area contributed by atoms with Crippen LogP contribution in [0.4, 0.5) is 0 Å². The molecule has 5 heteroatoms. The lowest BCUT2D eigenvalue weighted by Crippen LogP contribution is -2.43. The van der Waals surface area contributed by atoms with Crippen LogP contribution < -0.4 is 14.9 Å². The molecular weight excluding hydrogens is 315 g/mol. The van der Waals surface area contributed by atoms with Crippen molar-refractivity contribution in [2.75, 3.05) is 26.9 Å². The molecule has 3 rings (SSSR count). The van der Waals surface area contributed by atoms with E-state index in [-0.39, 0.29) is 13.0 Å². The Hall–Kier alpha value is -1.98. The van der Waals surface area contributed by atoms with Crippen molar-refractivity contribution in [2.24, 2.45) is 0 Å². The molecule has 0 amide bonds. The van der Waals surface area contributed by atoms with Crippen molar-refractivity contribution in [3.05, 3.63) is 54.1 Å². The van der Waals surface area contributed by atoms with Crippen molar-refractivity contribution < 1.29 is 18.8 Å². The molecule has 1 heterocycles. The molecule has 2 aromatic carbocycles. The average Bonchev–Trinajstić information content (AvgIpc) is 2.69. The topological polar surface area (TPSA) is 36.9 Å². The SMILES string of the molecule is CCCCOc1ccc(C2COB(c3ccc(OC)cc3)OC2)cc1. The van der Waals surface area contributed by atoms with Crippen LogP contribution in [0.5, 0.6) is 11.5 Å².